The number of nitrogens with two attached hydrogens (primary N) is 1. The third-order valence-corrected chi connectivity index (χ3v) is 4.55. The number of nitriles is 1. The smallest absolute Gasteiger partial charge is 0.255 e. The minimum Gasteiger partial charge on any atom is -0.369 e. The molecule has 2 N–H and O–H groups in total. The molecular weight excluding hydrogens is 368 g/mol. The van der Waals surface area contributed by atoms with Gasteiger partial charge in [-0.3, -0.25) is 14.2 Å². The van der Waals surface area contributed by atoms with Gasteiger partial charge in [0.2, 0.25) is 5.91 Å². The Morgan fingerprint density at radius 3 is 2.54 bits per heavy atom. The van der Waals surface area contributed by atoms with Gasteiger partial charge in [-0.25, -0.2) is 18.7 Å². The summed E-state index contributed by atoms with van der Waals surface area (Å²) in [6.07, 6.45) is 2.17. The van der Waals surface area contributed by atoms with Gasteiger partial charge in [0.15, 0.2) is 17.5 Å². The van der Waals surface area contributed by atoms with Crippen molar-refractivity contribution in [1.82, 2.24) is 14.5 Å². The number of hydrogen-bond donors (Lipinski definition) is 1. The van der Waals surface area contributed by atoms with E-state index in [0.29, 0.717) is 0 Å². The van der Waals surface area contributed by atoms with Gasteiger partial charge in [0, 0.05) is 23.3 Å². The third-order valence-electron chi connectivity index (χ3n) is 4.55. The first-order valence-corrected chi connectivity index (χ1v) is 8.28. The summed E-state index contributed by atoms with van der Waals surface area (Å²) in [5.41, 5.74) is 5.16. The topological polar surface area (TPSA) is 115 Å². The summed E-state index contributed by atoms with van der Waals surface area (Å²) < 4.78 is 29.6. The van der Waals surface area contributed by atoms with Crippen LogP contribution in [0.5, 0.6) is 0 Å². The van der Waals surface area contributed by atoms with Crippen LogP contribution in [0.15, 0.2) is 29.3 Å². The van der Waals surface area contributed by atoms with Crippen LogP contribution in [-0.4, -0.2) is 20.4 Å². The van der Waals surface area contributed by atoms with Gasteiger partial charge in [-0.05, 0) is 31.5 Å². The molecule has 0 aliphatic heterocycles. The number of hydrogen-bond acceptors (Lipinski definition) is 5. The molecule has 28 heavy (non-hydrogen) atoms. The van der Waals surface area contributed by atoms with Crippen LogP contribution in [0.2, 0.25) is 0 Å². The molecular formula is C19H15F2N5O2. The van der Waals surface area contributed by atoms with E-state index < -0.39 is 35.6 Å². The highest BCUT2D eigenvalue weighted by molar-refractivity contribution is 5.86. The summed E-state index contributed by atoms with van der Waals surface area (Å²) >= 11 is 0. The number of fused-ring (bicyclic) bond motifs is 1. The molecule has 1 aromatic carbocycles. The van der Waals surface area contributed by atoms with Gasteiger partial charge in [0.25, 0.3) is 5.56 Å². The molecule has 0 saturated carbocycles. The molecule has 0 saturated heterocycles. The number of rotatable bonds is 4. The van der Waals surface area contributed by atoms with Gasteiger partial charge >= 0.3 is 0 Å². The van der Waals surface area contributed by atoms with Gasteiger partial charge in [0.05, 0.1) is 23.5 Å². The van der Waals surface area contributed by atoms with E-state index in [0.717, 1.165) is 6.07 Å². The van der Waals surface area contributed by atoms with E-state index in [2.05, 4.69) is 9.97 Å². The Bertz CT molecular complexity index is 1200. The first-order chi connectivity index (χ1) is 13.3. The fraction of sp³-hybridized carbons (Fsp3) is 0.211. The van der Waals surface area contributed by atoms with Crippen molar-refractivity contribution < 1.29 is 13.6 Å². The van der Waals surface area contributed by atoms with Gasteiger partial charge in [0.1, 0.15) is 6.07 Å². The number of pyridine rings is 1. The number of carbonyl (C=O) groups is 1. The lowest BCUT2D eigenvalue weighted by molar-refractivity contribution is -0.117. The Hall–Kier alpha value is -3.67. The van der Waals surface area contributed by atoms with Crippen LogP contribution < -0.4 is 11.3 Å². The molecule has 0 aliphatic rings. The third kappa shape index (κ3) is 3.09. The van der Waals surface area contributed by atoms with E-state index in [1.807, 2.05) is 6.07 Å². The largest absolute Gasteiger partial charge is 0.369 e. The Morgan fingerprint density at radius 2 is 1.96 bits per heavy atom. The van der Waals surface area contributed by atoms with Crippen LogP contribution >= 0.6 is 0 Å². The van der Waals surface area contributed by atoms with Crippen LogP contribution in [0, 0.1) is 29.9 Å². The highest BCUT2D eigenvalue weighted by Crippen LogP contribution is 2.28. The van der Waals surface area contributed by atoms with Gasteiger partial charge in [-0.15, -0.1) is 0 Å². The standard InChI is InChI=1S/C19H15F2N5O2/c1-9-12(5-15(23)27)19(28)26(14-4-3-13(20)17(21)16(9)14)10(2)18-24-7-11(6-22)8-25-18/h3-4,7-8,10H,5H2,1-2H3,(H2,23,27). The van der Waals surface area contributed by atoms with Gasteiger partial charge in [-0.2, -0.15) is 5.26 Å². The number of amides is 1. The minimum atomic E-state index is -1.12. The van der Waals surface area contributed by atoms with E-state index in [-0.39, 0.29) is 33.4 Å². The molecule has 2 aromatic heterocycles. The number of carbonyl (C=O) groups excluding carboxylic acids is 1. The van der Waals surface area contributed by atoms with Crippen molar-refractivity contribution in [2.75, 3.05) is 0 Å². The molecule has 1 atom stereocenters. The first-order valence-electron chi connectivity index (χ1n) is 8.28. The van der Waals surface area contributed by atoms with Crippen molar-refractivity contribution in [2.45, 2.75) is 26.3 Å². The van der Waals surface area contributed by atoms with Crippen molar-refractivity contribution in [1.29, 1.82) is 5.26 Å². The van der Waals surface area contributed by atoms with E-state index in [4.69, 9.17) is 11.0 Å². The first kappa shape index (κ1) is 19.1. The number of aryl methyl sites for hydroxylation is 1. The van der Waals surface area contributed by atoms with Crippen LogP contribution in [0.4, 0.5) is 8.78 Å². The summed E-state index contributed by atoms with van der Waals surface area (Å²) in [6.45, 7) is 3.05. The number of nitrogens with zero attached hydrogens (tertiary/aromatic N) is 4. The highest BCUT2D eigenvalue weighted by Gasteiger charge is 2.24. The molecule has 1 amide bonds. The molecule has 1 unspecified atom stereocenters. The predicted molar refractivity (Wildman–Crippen MR) is 96.3 cm³/mol. The number of primary amides is 1. The molecule has 2 heterocycles. The molecule has 0 aliphatic carbocycles. The fourth-order valence-corrected chi connectivity index (χ4v) is 3.16. The van der Waals surface area contributed by atoms with Crippen LogP contribution in [-0.2, 0) is 11.2 Å². The number of aromatic nitrogens is 3. The van der Waals surface area contributed by atoms with Crippen molar-refractivity contribution in [3.8, 4) is 6.07 Å². The molecule has 3 aromatic rings. The average molecular weight is 383 g/mol. The van der Waals surface area contributed by atoms with E-state index in [9.17, 15) is 18.4 Å². The number of benzene rings is 1. The molecule has 3 rings (SSSR count). The predicted octanol–water partition coefficient (Wildman–Crippen LogP) is 1.89. The van der Waals surface area contributed by atoms with E-state index >= 15 is 0 Å². The fourth-order valence-electron chi connectivity index (χ4n) is 3.16. The average Bonchev–Trinajstić information content (AvgIpc) is 2.67. The van der Waals surface area contributed by atoms with E-state index in [1.54, 1.807) is 6.92 Å². The zero-order valence-corrected chi connectivity index (χ0v) is 15.0. The quantitative estimate of drug-likeness (QED) is 0.739. The Labute approximate surface area is 158 Å². The minimum absolute atomic E-state index is 0.0232. The lowest BCUT2D eigenvalue weighted by Gasteiger charge is -2.20. The number of halogens is 2. The molecule has 0 fully saturated rings. The summed E-state index contributed by atoms with van der Waals surface area (Å²) in [5.74, 6) is -2.78. The second kappa shape index (κ2) is 7.15. The molecule has 0 radical (unpaired) electrons. The maximum atomic E-state index is 14.6. The summed E-state index contributed by atoms with van der Waals surface area (Å²) in [5, 5.41) is 8.76. The van der Waals surface area contributed by atoms with Crippen LogP contribution in [0.25, 0.3) is 10.9 Å². The summed E-state index contributed by atoms with van der Waals surface area (Å²) in [7, 11) is 0. The second-order valence-electron chi connectivity index (χ2n) is 6.30. The van der Waals surface area contributed by atoms with Crippen molar-refractivity contribution in [2.24, 2.45) is 5.73 Å². The Balaban J connectivity index is 2.37. The molecule has 0 bridgehead atoms. The van der Waals surface area contributed by atoms with Gasteiger partial charge < -0.3 is 5.73 Å². The van der Waals surface area contributed by atoms with Crippen molar-refractivity contribution >= 4 is 16.8 Å². The van der Waals surface area contributed by atoms with E-state index in [1.165, 1.54) is 30.0 Å². The summed E-state index contributed by atoms with van der Waals surface area (Å²) in [4.78, 5) is 32.7. The van der Waals surface area contributed by atoms with Crippen molar-refractivity contribution in [3.05, 3.63) is 69.0 Å². The second-order valence-corrected chi connectivity index (χ2v) is 6.30. The maximum absolute atomic E-state index is 14.6. The normalized spacial score (nSPS) is 12.0. The van der Waals surface area contributed by atoms with Crippen LogP contribution in [0.1, 0.15) is 35.5 Å². The SMILES string of the molecule is Cc1c(CC(N)=O)c(=O)n(C(C)c2ncc(C#N)cn2)c2ccc(F)c(F)c12. The molecule has 142 valence electrons. The molecule has 9 heteroatoms. The Morgan fingerprint density at radius 1 is 1.32 bits per heavy atom. The molecule has 7 nitrogen and oxygen atoms in total. The Kier molecular flexibility index (Phi) is 4.88. The lowest BCUT2D eigenvalue weighted by atomic mass is 10.00. The maximum Gasteiger partial charge on any atom is 0.255 e. The van der Waals surface area contributed by atoms with Crippen LogP contribution in [0.3, 0.4) is 0 Å². The van der Waals surface area contributed by atoms with Gasteiger partial charge in [-0.1, -0.05) is 0 Å². The monoisotopic (exact) mass is 383 g/mol. The zero-order valence-electron chi connectivity index (χ0n) is 15.0. The lowest BCUT2D eigenvalue weighted by Crippen LogP contribution is -2.32. The van der Waals surface area contributed by atoms with Crippen molar-refractivity contribution in [3.63, 3.8) is 0 Å². The zero-order chi connectivity index (χ0) is 20.6. The summed E-state index contributed by atoms with van der Waals surface area (Å²) in [6, 6.07) is 3.32. The molecule has 0 spiro atoms. The highest BCUT2D eigenvalue weighted by atomic mass is 19.2.